The maximum absolute atomic E-state index is 13.1. The van der Waals surface area contributed by atoms with Crippen molar-refractivity contribution in [2.45, 2.75) is 71.4 Å². The highest BCUT2D eigenvalue weighted by molar-refractivity contribution is 6.31. The van der Waals surface area contributed by atoms with Gasteiger partial charge in [0, 0.05) is 5.02 Å². The molecule has 1 unspecified atom stereocenters. The Balaban J connectivity index is 1.62. The Morgan fingerprint density at radius 3 is 2.53 bits per heavy atom. The number of amides is 4. The molecule has 7 heteroatoms. The first kappa shape index (κ1) is 22.6. The molecule has 1 spiro atoms. The van der Waals surface area contributed by atoms with Crippen molar-refractivity contribution < 1.29 is 14.4 Å². The molecule has 2 fully saturated rings. The number of carbonyl (C=O) groups is 3. The van der Waals surface area contributed by atoms with Crippen molar-refractivity contribution in [2.75, 3.05) is 6.54 Å². The van der Waals surface area contributed by atoms with E-state index < -0.39 is 11.6 Å². The van der Waals surface area contributed by atoms with Crippen molar-refractivity contribution in [3.63, 3.8) is 0 Å². The monoisotopic (exact) mass is 433 g/mol. The van der Waals surface area contributed by atoms with Crippen LogP contribution < -0.4 is 10.6 Å². The van der Waals surface area contributed by atoms with Crippen LogP contribution in [-0.4, -0.2) is 34.8 Å². The van der Waals surface area contributed by atoms with E-state index in [9.17, 15) is 14.4 Å². The largest absolute Gasteiger partial charge is 0.348 e. The summed E-state index contributed by atoms with van der Waals surface area (Å²) < 4.78 is 0. The number of urea groups is 1. The number of benzene rings is 1. The van der Waals surface area contributed by atoms with Crippen LogP contribution in [-0.2, 0) is 9.59 Å². The van der Waals surface area contributed by atoms with E-state index in [1.165, 1.54) is 0 Å². The first-order chi connectivity index (χ1) is 14.1. The molecule has 0 bridgehead atoms. The van der Waals surface area contributed by atoms with Gasteiger partial charge in [-0.2, -0.15) is 0 Å². The number of nitrogens with one attached hydrogen (secondary N) is 2. The quantitative estimate of drug-likeness (QED) is 0.651. The molecule has 2 aliphatic rings. The average Bonchev–Trinajstić information content (AvgIpc) is 2.92. The van der Waals surface area contributed by atoms with Gasteiger partial charge < -0.3 is 10.6 Å². The first-order valence-corrected chi connectivity index (χ1v) is 11.2. The standard InChI is InChI=1S/C23H32ClN3O3/c1-5-22(3,4)16-10-12-23(13-11-16)20(29)27(21(30)26-23)14-19(28)25-15(2)17-8-6-7-9-18(17)24/h6-9,15-16H,5,10-14H2,1-4H3,(H,25,28)(H,26,30). The Hall–Kier alpha value is -2.08. The second-order valence-corrected chi connectivity index (χ2v) is 9.74. The van der Waals surface area contributed by atoms with Gasteiger partial charge in [0.15, 0.2) is 0 Å². The molecule has 0 aromatic heterocycles. The van der Waals surface area contributed by atoms with Gasteiger partial charge in [-0.3, -0.25) is 14.5 Å². The maximum atomic E-state index is 13.1. The predicted molar refractivity (Wildman–Crippen MR) is 117 cm³/mol. The number of rotatable bonds is 6. The van der Waals surface area contributed by atoms with Crippen molar-refractivity contribution in [2.24, 2.45) is 11.3 Å². The second kappa shape index (κ2) is 8.58. The highest BCUT2D eigenvalue weighted by Gasteiger charge is 2.53. The fourth-order valence-electron chi connectivity index (χ4n) is 4.67. The van der Waals surface area contributed by atoms with E-state index in [1.807, 2.05) is 25.1 Å². The lowest BCUT2D eigenvalue weighted by Gasteiger charge is -2.42. The summed E-state index contributed by atoms with van der Waals surface area (Å²) in [6.45, 7) is 8.26. The molecular formula is C23H32ClN3O3. The van der Waals surface area contributed by atoms with Crippen LogP contribution >= 0.6 is 11.6 Å². The molecule has 1 aromatic carbocycles. The summed E-state index contributed by atoms with van der Waals surface area (Å²) in [6.07, 6.45) is 4.13. The van der Waals surface area contributed by atoms with Crippen LogP contribution in [0.5, 0.6) is 0 Å². The van der Waals surface area contributed by atoms with Crippen LogP contribution in [0.25, 0.3) is 0 Å². The summed E-state index contributed by atoms with van der Waals surface area (Å²) >= 11 is 6.19. The highest BCUT2D eigenvalue weighted by atomic mass is 35.5. The molecule has 2 N–H and O–H groups in total. The number of carbonyl (C=O) groups excluding carboxylic acids is 3. The lowest BCUT2D eigenvalue weighted by Crippen LogP contribution is -2.51. The number of hydrogen-bond acceptors (Lipinski definition) is 3. The number of hydrogen-bond donors (Lipinski definition) is 2. The number of imide groups is 1. The molecule has 1 aromatic rings. The lowest BCUT2D eigenvalue weighted by molar-refractivity contribution is -0.136. The third-order valence-corrected chi connectivity index (χ3v) is 7.50. The normalized spacial score (nSPS) is 25.4. The van der Waals surface area contributed by atoms with Crippen LogP contribution in [0, 0.1) is 11.3 Å². The summed E-state index contributed by atoms with van der Waals surface area (Å²) in [5.74, 6) is -0.129. The zero-order chi connectivity index (χ0) is 22.1. The topological polar surface area (TPSA) is 78.5 Å². The summed E-state index contributed by atoms with van der Waals surface area (Å²) in [4.78, 5) is 39.2. The summed E-state index contributed by atoms with van der Waals surface area (Å²) in [5, 5.41) is 6.29. The van der Waals surface area contributed by atoms with Gasteiger partial charge in [0.05, 0.1) is 6.04 Å². The molecule has 3 rings (SSSR count). The van der Waals surface area contributed by atoms with Gasteiger partial charge in [-0.05, 0) is 55.6 Å². The van der Waals surface area contributed by atoms with Crippen molar-refractivity contribution in [1.29, 1.82) is 0 Å². The fraction of sp³-hybridized carbons (Fsp3) is 0.609. The summed E-state index contributed by atoms with van der Waals surface area (Å²) in [7, 11) is 0. The zero-order valence-electron chi connectivity index (χ0n) is 18.3. The van der Waals surface area contributed by atoms with Crippen LogP contribution in [0.1, 0.15) is 71.4 Å². The molecule has 1 saturated heterocycles. The predicted octanol–water partition coefficient (Wildman–Crippen LogP) is 4.43. The van der Waals surface area contributed by atoms with Crippen LogP contribution in [0.2, 0.25) is 5.02 Å². The van der Waals surface area contributed by atoms with Crippen molar-refractivity contribution in [1.82, 2.24) is 15.5 Å². The highest BCUT2D eigenvalue weighted by Crippen LogP contribution is 2.45. The minimum atomic E-state index is -0.855. The molecule has 1 saturated carbocycles. The van der Waals surface area contributed by atoms with Crippen LogP contribution in [0.15, 0.2) is 24.3 Å². The molecular weight excluding hydrogens is 402 g/mol. The van der Waals surface area contributed by atoms with Crippen molar-refractivity contribution in [3.05, 3.63) is 34.9 Å². The van der Waals surface area contributed by atoms with Gasteiger partial charge >= 0.3 is 6.03 Å². The molecule has 30 heavy (non-hydrogen) atoms. The van der Waals surface area contributed by atoms with Crippen LogP contribution in [0.4, 0.5) is 4.79 Å². The Kier molecular flexibility index (Phi) is 6.46. The van der Waals surface area contributed by atoms with Gasteiger partial charge in [-0.1, -0.05) is 57.0 Å². The van der Waals surface area contributed by atoms with Gasteiger partial charge in [0.2, 0.25) is 5.91 Å². The Bertz CT molecular complexity index is 831. The van der Waals surface area contributed by atoms with Gasteiger partial charge in [0.25, 0.3) is 5.91 Å². The lowest BCUT2D eigenvalue weighted by atomic mass is 9.65. The van der Waals surface area contributed by atoms with E-state index in [0.717, 1.165) is 29.7 Å². The molecule has 6 nitrogen and oxygen atoms in total. The van der Waals surface area contributed by atoms with Crippen molar-refractivity contribution in [3.8, 4) is 0 Å². The molecule has 164 valence electrons. The SMILES string of the molecule is CCC(C)(C)C1CCC2(CC1)NC(=O)N(CC(=O)NC(C)c1ccccc1Cl)C2=O. The van der Waals surface area contributed by atoms with Crippen molar-refractivity contribution >= 4 is 29.4 Å². The van der Waals surface area contributed by atoms with E-state index in [0.29, 0.717) is 23.8 Å². The Morgan fingerprint density at radius 1 is 1.30 bits per heavy atom. The van der Waals surface area contributed by atoms with E-state index in [-0.39, 0.29) is 29.8 Å². The van der Waals surface area contributed by atoms with E-state index >= 15 is 0 Å². The minimum Gasteiger partial charge on any atom is -0.348 e. The summed E-state index contributed by atoms with van der Waals surface area (Å²) in [6, 6.07) is 6.47. The first-order valence-electron chi connectivity index (χ1n) is 10.8. The smallest absolute Gasteiger partial charge is 0.325 e. The fourth-order valence-corrected chi connectivity index (χ4v) is 4.97. The third-order valence-electron chi connectivity index (χ3n) is 7.15. The van der Waals surface area contributed by atoms with E-state index in [2.05, 4.69) is 31.4 Å². The molecule has 4 amide bonds. The second-order valence-electron chi connectivity index (χ2n) is 9.33. The Morgan fingerprint density at radius 2 is 1.93 bits per heavy atom. The van der Waals surface area contributed by atoms with Gasteiger partial charge in [0.1, 0.15) is 12.1 Å². The Labute approximate surface area is 183 Å². The summed E-state index contributed by atoms with van der Waals surface area (Å²) in [5.41, 5.74) is 0.159. The molecule has 1 atom stereocenters. The molecule has 1 aliphatic carbocycles. The van der Waals surface area contributed by atoms with E-state index in [4.69, 9.17) is 11.6 Å². The average molecular weight is 434 g/mol. The third kappa shape index (κ3) is 4.34. The van der Waals surface area contributed by atoms with Gasteiger partial charge in [-0.15, -0.1) is 0 Å². The van der Waals surface area contributed by atoms with Gasteiger partial charge in [-0.25, -0.2) is 4.79 Å². The van der Waals surface area contributed by atoms with Crippen LogP contribution in [0.3, 0.4) is 0 Å². The molecule has 0 radical (unpaired) electrons. The molecule has 1 heterocycles. The number of halogens is 1. The minimum absolute atomic E-state index is 0.224. The van der Waals surface area contributed by atoms with E-state index in [1.54, 1.807) is 6.07 Å². The number of nitrogens with zero attached hydrogens (tertiary/aromatic N) is 1. The molecule has 1 aliphatic heterocycles. The zero-order valence-corrected chi connectivity index (χ0v) is 19.0. The maximum Gasteiger partial charge on any atom is 0.325 e.